The fraction of sp³-hybridized carbons (Fsp3) is 0.435. The Morgan fingerprint density at radius 3 is 2.70 bits per heavy atom. The first kappa shape index (κ1) is 21.8. The molecule has 172 valence electrons. The van der Waals surface area contributed by atoms with Crippen LogP contribution in [0.5, 0.6) is 0 Å². The van der Waals surface area contributed by atoms with Gasteiger partial charge in [-0.15, -0.1) is 0 Å². The summed E-state index contributed by atoms with van der Waals surface area (Å²) in [7, 11) is 1.66. The van der Waals surface area contributed by atoms with E-state index in [0.29, 0.717) is 22.1 Å². The lowest BCUT2D eigenvalue weighted by atomic mass is 10.2. The number of hydrogen-bond donors (Lipinski definition) is 1. The van der Waals surface area contributed by atoms with Crippen molar-refractivity contribution in [2.45, 2.75) is 61.4 Å². The molecule has 3 aromatic rings. The summed E-state index contributed by atoms with van der Waals surface area (Å²) >= 11 is 1.19. The smallest absolute Gasteiger partial charge is 0.330 e. The van der Waals surface area contributed by atoms with Crippen molar-refractivity contribution in [1.82, 2.24) is 24.4 Å². The van der Waals surface area contributed by atoms with Gasteiger partial charge in [0.2, 0.25) is 5.91 Å². The predicted octanol–water partition coefficient (Wildman–Crippen LogP) is 2.97. The van der Waals surface area contributed by atoms with Gasteiger partial charge in [0.1, 0.15) is 22.1 Å². The average molecular weight is 470 g/mol. The Hall–Kier alpha value is -3.01. The molecule has 0 spiro atoms. The molecule has 2 aliphatic carbocycles. The molecule has 1 amide bonds. The Morgan fingerprint density at radius 2 is 2.03 bits per heavy atom. The zero-order valence-electron chi connectivity index (χ0n) is 18.4. The molecule has 2 aliphatic rings. The first-order chi connectivity index (χ1) is 15.8. The SMILES string of the molecule is C[C@@H](Sc1nc(C2CC2)nc2c1c(=O)[nH]c(=O)n2C1CC1)C(=O)N(C)Cc1cccc(F)c1. The van der Waals surface area contributed by atoms with E-state index < -0.39 is 16.5 Å². The molecule has 0 aliphatic heterocycles. The predicted molar refractivity (Wildman–Crippen MR) is 123 cm³/mol. The Labute approximate surface area is 193 Å². The van der Waals surface area contributed by atoms with Crippen LogP contribution in [0, 0.1) is 5.82 Å². The summed E-state index contributed by atoms with van der Waals surface area (Å²) in [6.07, 6.45) is 3.67. The molecule has 1 atom stereocenters. The number of fused-ring (bicyclic) bond motifs is 1. The second-order valence-electron chi connectivity index (χ2n) is 8.80. The average Bonchev–Trinajstić information content (AvgIpc) is 3.66. The molecular formula is C23H24FN5O3S. The van der Waals surface area contributed by atoms with E-state index in [0.717, 1.165) is 25.7 Å². The van der Waals surface area contributed by atoms with E-state index in [2.05, 4.69) is 15.0 Å². The molecule has 2 saturated carbocycles. The number of nitrogens with zero attached hydrogens (tertiary/aromatic N) is 4. The number of nitrogens with one attached hydrogen (secondary N) is 1. The van der Waals surface area contributed by atoms with Crippen molar-refractivity contribution >= 4 is 28.7 Å². The van der Waals surface area contributed by atoms with Crippen LogP contribution >= 0.6 is 11.8 Å². The highest BCUT2D eigenvalue weighted by Gasteiger charge is 2.33. The van der Waals surface area contributed by atoms with Crippen LogP contribution in [-0.4, -0.2) is 42.6 Å². The molecule has 2 fully saturated rings. The molecule has 0 bridgehead atoms. The number of benzene rings is 1. The first-order valence-corrected chi connectivity index (χ1v) is 11.9. The van der Waals surface area contributed by atoms with E-state index in [1.165, 1.54) is 28.8 Å². The van der Waals surface area contributed by atoms with Gasteiger partial charge in [-0.25, -0.2) is 19.2 Å². The van der Waals surface area contributed by atoms with Gasteiger partial charge in [-0.2, -0.15) is 0 Å². The van der Waals surface area contributed by atoms with Gasteiger partial charge in [-0.3, -0.25) is 19.1 Å². The number of aromatic nitrogens is 4. The maximum atomic E-state index is 13.5. The Bertz CT molecular complexity index is 1360. The number of rotatable bonds is 7. The monoisotopic (exact) mass is 469 g/mol. The third-order valence-corrected chi connectivity index (χ3v) is 7.02. The Kier molecular flexibility index (Phi) is 5.55. The van der Waals surface area contributed by atoms with E-state index in [-0.39, 0.29) is 35.6 Å². The minimum Gasteiger partial charge on any atom is -0.340 e. The molecule has 1 N–H and O–H groups in total. The molecule has 0 unspecified atom stereocenters. The summed E-state index contributed by atoms with van der Waals surface area (Å²) in [6, 6.07) is 6.17. The third-order valence-electron chi connectivity index (χ3n) is 5.94. The van der Waals surface area contributed by atoms with Crippen molar-refractivity contribution in [3.05, 3.63) is 62.3 Å². The second kappa shape index (κ2) is 8.40. The van der Waals surface area contributed by atoms with Crippen LogP contribution in [0.4, 0.5) is 4.39 Å². The number of thioether (sulfide) groups is 1. The number of halogens is 1. The minimum absolute atomic E-state index is 0.0353. The zero-order chi connectivity index (χ0) is 23.3. The molecule has 8 nitrogen and oxygen atoms in total. The van der Waals surface area contributed by atoms with Crippen LogP contribution in [0.1, 0.15) is 56.0 Å². The zero-order valence-corrected chi connectivity index (χ0v) is 19.2. The molecule has 2 heterocycles. The van der Waals surface area contributed by atoms with Crippen molar-refractivity contribution < 1.29 is 9.18 Å². The lowest BCUT2D eigenvalue weighted by Crippen LogP contribution is -2.33. The number of hydrogen-bond acceptors (Lipinski definition) is 6. The van der Waals surface area contributed by atoms with Crippen LogP contribution in [0.2, 0.25) is 0 Å². The molecule has 0 radical (unpaired) electrons. The topological polar surface area (TPSA) is 101 Å². The summed E-state index contributed by atoms with van der Waals surface area (Å²) in [6.45, 7) is 2.02. The van der Waals surface area contributed by atoms with Crippen molar-refractivity contribution in [2.24, 2.45) is 0 Å². The summed E-state index contributed by atoms with van der Waals surface area (Å²) in [5.74, 6) is 0.322. The molecular weight excluding hydrogens is 445 g/mol. The van der Waals surface area contributed by atoms with Gasteiger partial charge in [0.05, 0.1) is 5.25 Å². The van der Waals surface area contributed by atoms with E-state index in [4.69, 9.17) is 0 Å². The number of H-pyrrole nitrogens is 1. The standard InChI is InChI=1S/C23H24FN5O3S/c1-12(22(31)28(2)11-13-4-3-5-15(24)10-13)33-21-17-19(25-18(26-21)14-6-7-14)29(16-8-9-16)23(32)27-20(17)30/h3-5,10,12,14,16H,6-9,11H2,1-2H3,(H,27,30,32)/t12-/m1/s1. The van der Waals surface area contributed by atoms with Crippen LogP contribution in [0.3, 0.4) is 0 Å². The van der Waals surface area contributed by atoms with Crippen LogP contribution in [-0.2, 0) is 11.3 Å². The van der Waals surface area contributed by atoms with Gasteiger partial charge in [0.15, 0.2) is 5.65 Å². The molecule has 1 aromatic carbocycles. The third kappa shape index (κ3) is 4.44. The molecule has 2 aromatic heterocycles. The highest BCUT2D eigenvalue weighted by molar-refractivity contribution is 8.00. The van der Waals surface area contributed by atoms with Gasteiger partial charge in [0.25, 0.3) is 5.56 Å². The number of amides is 1. The van der Waals surface area contributed by atoms with E-state index in [1.807, 2.05) is 0 Å². The van der Waals surface area contributed by atoms with Crippen molar-refractivity contribution in [3.8, 4) is 0 Å². The van der Waals surface area contributed by atoms with E-state index in [9.17, 15) is 18.8 Å². The maximum absolute atomic E-state index is 13.5. The van der Waals surface area contributed by atoms with Crippen LogP contribution in [0.25, 0.3) is 11.0 Å². The van der Waals surface area contributed by atoms with E-state index in [1.54, 1.807) is 30.7 Å². The minimum atomic E-state index is -0.547. The highest BCUT2D eigenvalue weighted by atomic mass is 32.2. The molecule has 0 saturated heterocycles. The maximum Gasteiger partial charge on any atom is 0.330 e. The molecule has 10 heteroatoms. The fourth-order valence-electron chi connectivity index (χ4n) is 3.93. The summed E-state index contributed by atoms with van der Waals surface area (Å²) in [5, 5.41) is 0.121. The first-order valence-electron chi connectivity index (χ1n) is 11.0. The Balaban J connectivity index is 1.47. The van der Waals surface area contributed by atoms with Crippen molar-refractivity contribution in [3.63, 3.8) is 0 Å². The van der Waals surface area contributed by atoms with Crippen LogP contribution < -0.4 is 11.2 Å². The molecule has 5 rings (SSSR count). The van der Waals surface area contributed by atoms with Gasteiger partial charge < -0.3 is 4.90 Å². The van der Waals surface area contributed by atoms with Gasteiger partial charge in [-0.05, 0) is 50.3 Å². The number of aromatic amines is 1. The second-order valence-corrected chi connectivity index (χ2v) is 10.1. The van der Waals surface area contributed by atoms with Crippen molar-refractivity contribution in [2.75, 3.05) is 7.05 Å². The summed E-state index contributed by atoms with van der Waals surface area (Å²) in [4.78, 5) is 51.5. The van der Waals surface area contributed by atoms with Crippen molar-refractivity contribution in [1.29, 1.82) is 0 Å². The van der Waals surface area contributed by atoms with Gasteiger partial charge in [-0.1, -0.05) is 23.9 Å². The van der Waals surface area contributed by atoms with Gasteiger partial charge >= 0.3 is 5.69 Å². The van der Waals surface area contributed by atoms with E-state index >= 15 is 0 Å². The summed E-state index contributed by atoms with van der Waals surface area (Å²) < 4.78 is 15.1. The normalized spacial score (nSPS) is 16.7. The van der Waals surface area contributed by atoms with Gasteiger partial charge in [0, 0.05) is 25.6 Å². The van der Waals surface area contributed by atoms with Crippen LogP contribution in [0.15, 0.2) is 38.9 Å². The largest absolute Gasteiger partial charge is 0.340 e. The highest BCUT2D eigenvalue weighted by Crippen LogP contribution is 2.41. The number of carbonyl (C=O) groups is 1. The Morgan fingerprint density at radius 1 is 1.27 bits per heavy atom. The number of carbonyl (C=O) groups excluding carboxylic acids is 1. The lowest BCUT2D eigenvalue weighted by Gasteiger charge is -2.21. The quantitative estimate of drug-likeness (QED) is 0.422. The summed E-state index contributed by atoms with van der Waals surface area (Å²) in [5.41, 5.74) is 0.0599. The molecule has 33 heavy (non-hydrogen) atoms. The fourth-order valence-corrected chi connectivity index (χ4v) is 4.99. The lowest BCUT2D eigenvalue weighted by molar-refractivity contribution is -0.129.